The summed E-state index contributed by atoms with van der Waals surface area (Å²) in [5, 5.41) is 10.1. The normalized spacial score (nSPS) is 12.1. The van der Waals surface area contributed by atoms with Crippen molar-refractivity contribution < 1.29 is 8.83 Å². The Morgan fingerprint density at radius 3 is 1.21 bits per heavy atom. The zero-order chi connectivity index (χ0) is 28.7. The van der Waals surface area contributed by atoms with Crippen LogP contribution in [0.15, 0.2) is 69.5 Å². The van der Waals surface area contributed by atoms with Crippen molar-refractivity contribution in [2.45, 2.75) is 117 Å². The van der Waals surface area contributed by atoms with Gasteiger partial charge >= 0.3 is 0 Å². The molecule has 0 N–H and O–H groups in total. The molecule has 2 aromatic heterocycles. The maximum Gasteiger partial charge on any atom is 0.134 e. The van der Waals surface area contributed by atoms with Crippen molar-refractivity contribution in [2.24, 2.45) is 0 Å². The molecule has 0 atom stereocenters. The Balaban J connectivity index is 1.20. The summed E-state index contributed by atoms with van der Waals surface area (Å²) in [6, 6.07) is 22.8. The molecule has 0 aliphatic rings. The van der Waals surface area contributed by atoms with E-state index in [2.05, 4.69) is 74.5 Å². The van der Waals surface area contributed by atoms with Gasteiger partial charge in [-0.3, -0.25) is 0 Å². The third-order valence-electron chi connectivity index (χ3n) is 9.26. The van der Waals surface area contributed by atoms with E-state index in [1.54, 1.807) is 0 Å². The molecule has 2 heterocycles. The Hall–Kier alpha value is -3.26. The molecule has 6 aromatic rings. The number of hydrogen-bond donors (Lipinski definition) is 0. The van der Waals surface area contributed by atoms with Crippen LogP contribution in [0.3, 0.4) is 0 Å². The van der Waals surface area contributed by atoms with E-state index in [1.807, 2.05) is 0 Å². The van der Waals surface area contributed by atoms with Crippen LogP contribution < -0.4 is 0 Å². The second-order valence-corrected chi connectivity index (χ2v) is 12.6. The van der Waals surface area contributed by atoms with E-state index in [0.29, 0.717) is 0 Å². The first-order valence-corrected chi connectivity index (χ1v) is 17.0. The smallest absolute Gasteiger partial charge is 0.134 e. The number of furan rings is 2. The molecule has 2 nitrogen and oxygen atoms in total. The average Bonchev–Trinajstić information content (AvgIpc) is 3.59. The van der Waals surface area contributed by atoms with Gasteiger partial charge in [0, 0.05) is 23.6 Å². The summed E-state index contributed by atoms with van der Waals surface area (Å²) in [7, 11) is 0. The highest BCUT2D eigenvalue weighted by molar-refractivity contribution is 6.20. The van der Waals surface area contributed by atoms with Crippen molar-refractivity contribution in [3.63, 3.8) is 0 Å². The van der Waals surface area contributed by atoms with Crippen LogP contribution >= 0.6 is 0 Å². The van der Waals surface area contributed by atoms with Crippen molar-refractivity contribution in [1.29, 1.82) is 0 Å². The molecule has 220 valence electrons. The Bertz CT molecular complexity index is 1630. The molecule has 0 bridgehead atoms. The van der Waals surface area contributed by atoms with Crippen LogP contribution in [-0.2, 0) is 12.8 Å². The minimum Gasteiger partial charge on any atom is -0.461 e. The number of fused-ring (bicyclic) bond motifs is 7. The van der Waals surface area contributed by atoms with E-state index >= 15 is 0 Å². The van der Waals surface area contributed by atoms with Crippen molar-refractivity contribution in [3.05, 3.63) is 72.2 Å². The number of aryl methyl sites for hydroxylation is 2. The minimum atomic E-state index is 1.01. The standard InChI is InChI=1S/C40H48O2/c1-3-5-7-9-11-13-15-17-33-23-31-25-37-29(27-39(31)41-33)19-21-36-35(37)22-20-30-28-40-32(26-38(30)36)24-34(42-40)18-16-14-12-10-8-6-4-2/h19-28H,3-18H2,1-2H3. The molecule has 0 radical (unpaired) electrons. The Morgan fingerprint density at radius 2 is 0.786 bits per heavy atom. The molecule has 0 spiro atoms. The monoisotopic (exact) mass is 560 g/mol. The lowest BCUT2D eigenvalue weighted by atomic mass is 9.95. The van der Waals surface area contributed by atoms with E-state index in [1.165, 1.54) is 133 Å². The van der Waals surface area contributed by atoms with Gasteiger partial charge in [-0.25, -0.2) is 0 Å². The van der Waals surface area contributed by atoms with Gasteiger partial charge in [-0.2, -0.15) is 0 Å². The van der Waals surface area contributed by atoms with E-state index in [9.17, 15) is 0 Å². The molecular weight excluding hydrogens is 512 g/mol. The van der Waals surface area contributed by atoms with Crippen LogP contribution in [0.5, 0.6) is 0 Å². The van der Waals surface area contributed by atoms with Crippen LogP contribution in [0.1, 0.15) is 115 Å². The van der Waals surface area contributed by atoms with Crippen LogP contribution in [0.25, 0.3) is 54.3 Å². The first-order valence-electron chi connectivity index (χ1n) is 17.0. The molecule has 0 amide bonds. The second-order valence-electron chi connectivity index (χ2n) is 12.6. The summed E-state index contributed by atoms with van der Waals surface area (Å²) < 4.78 is 12.6. The number of benzene rings is 4. The summed E-state index contributed by atoms with van der Waals surface area (Å²) in [6.45, 7) is 4.56. The van der Waals surface area contributed by atoms with E-state index < -0.39 is 0 Å². The Morgan fingerprint density at radius 1 is 0.381 bits per heavy atom. The van der Waals surface area contributed by atoms with Crippen molar-refractivity contribution >= 4 is 54.3 Å². The average molecular weight is 561 g/mol. The minimum absolute atomic E-state index is 1.01. The molecule has 0 aliphatic heterocycles. The summed E-state index contributed by atoms with van der Waals surface area (Å²) in [5.41, 5.74) is 2.02. The van der Waals surface area contributed by atoms with Crippen LogP contribution in [0.4, 0.5) is 0 Å². The summed E-state index contributed by atoms with van der Waals surface area (Å²) >= 11 is 0. The van der Waals surface area contributed by atoms with Gasteiger partial charge in [0.25, 0.3) is 0 Å². The molecule has 2 heteroatoms. The van der Waals surface area contributed by atoms with Gasteiger partial charge in [0.15, 0.2) is 0 Å². The Labute approximate surface area is 251 Å². The number of rotatable bonds is 16. The van der Waals surface area contributed by atoms with Gasteiger partial charge < -0.3 is 8.83 Å². The van der Waals surface area contributed by atoms with Gasteiger partial charge in [-0.1, -0.05) is 115 Å². The third-order valence-corrected chi connectivity index (χ3v) is 9.26. The lowest BCUT2D eigenvalue weighted by molar-refractivity contribution is 0.519. The van der Waals surface area contributed by atoms with Gasteiger partial charge in [0.2, 0.25) is 0 Å². The zero-order valence-electron chi connectivity index (χ0n) is 25.9. The first-order chi connectivity index (χ1) is 20.7. The molecular formula is C40H48O2. The molecule has 42 heavy (non-hydrogen) atoms. The predicted molar refractivity (Wildman–Crippen MR) is 182 cm³/mol. The summed E-state index contributed by atoms with van der Waals surface area (Å²) in [6.07, 6.45) is 20.6. The molecule has 4 aromatic carbocycles. The fourth-order valence-corrected chi connectivity index (χ4v) is 6.81. The van der Waals surface area contributed by atoms with E-state index in [4.69, 9.17) is 8.83 Å². The summed E-state index contributed by atoms with van der Waals surface area (Å²) in [4.78, 5) is 0. The molecule has 0 fully saturated rings. The number of unbranched alkanes of at least 4 members (excludes halogenated alkanes) is 12. The molecule has 0 unspecified atom stereocenters. The highest BCUT2D eigenvalue weighted by Crippen LogP contribution is 2.36. The van der Waals surface area contributed by atoms with Gasteiger partial charge in [0.1, 0.15) is 22.7 Å². The van der Waals surface area contributed by atoms with Crippen molar-refractivity contribution in [3.8, 4) is 0 Å². The molecule has 0 saturated heterocycles. The van der Waals surface area contributed by atoms with Gasteiger partial charge in [-0.15, -0.1) is 0 Å². The summed E-state index contributed by atoms with van der Waals surface area (Å²) in [5.74, 6) is 2.25. The third kappa shape index (κ3) is 6.54. The molecule has 6 rings (SSSR count). The zero-order valence-corrected chi connectivity index (χ0v) is 25.9. The van der Waals surface area contributed by atoms with E-state index in [-0.39, 0.29) is 0 Å². The topological polar surface area (TPSA) is 26.3 Å². The molecule has 0 saturated carbocycles. The van der Waals surface area contributed by atoms with Crippen LogP contribution in [-0.4, -0.2) is 0 Å². The lowest BCUT2D eigenvalue weighted by Crippen LogP contribution is -1.83. The lowest BCUT2D eigenvalue weighted by Gasteiger charge is -2.08. The quantitative estimate of drug-likeness (QED) is 0.0869. The SMILES string of the molecule is CCCCCCCCCc1cc2cc3c(ccc4c5cc6cc(CCCCCCCCC)oc6cc5ccc34)cc2o1. The predicted octanol–water partition coefficient (Wildman–Crippen LogP) is 13.2. The van der Waals surface area contributed by atoms with Gasteiger partial charge in [0.05, 0.1) is 0 Å². The highest BCUT2D eigenvalue weighted by Gasteiger charge is 2.12. The van der Waals surface area contributed by atoms with Crippen LogP contribution in [0, 0.1) is 0 Å². The maximum absolute atomic E-state index is 6.30. The van der Waals surface area contributed by atoms with Crippen molar-refractivity contribution in [1.82, 2.24) is 0 Å². The molecule has 0 aliphatic carbocycles. The second kappa shape index (κ2) is 13.8. The van der Waals surface area contributed by atoms with Gasteiger partial charge in [-0.05, 0) is 81.6 Å². The fourth-order valence-electron chi connectivity index (χ4n) is 6.81. The number of hydrogen-bond acceptors (Lipinski definition) is 2. The van der Waals surface area contributed by atoms with E-state index in [0.717, 1.165) is 35.5 Å². The maximum atomic E-state index is 6.30. The highest BCUT2D eigenvalue weighted by atomic mass is 16.3. The Kier molecular flexibility index (Phi) is 9.48. The van der Waals surface area contributed by atoms with Crippen molar-refractivity contribution in [2.75, 3.05) is 0 Å². The van der Waals surface area contributed by atoms with Crippen LogP contribution in [0.2, 0.25) is 0 Å². The fraction of sp³-hybridized carbons (Fsp3) is 0.450. The first kappa shape index (κ1) is 28.8. The largest absolute Gasteiger partial charge is 0.461 e.